The van der Waals surface area contributed by atoms with Crippen LogP contribution in [0.4, 0.5) is 34.1 Å². The van der Waals surface area contributed by atoms with Gasteiger partial charge < -0.3 is 9.80 Å². The van der Waals surface area contributed by atoms with E-state index in [0.717, 1.165) is 33.9 Å². The average molecular weight is 689 g/mol. The van der Waals surface area contributed by atoms with Crippen LogP contribution in [0.15, 0.2) is 206 Å². The minimum absolute atomic E-state index is 1.10. The monoisotopic (exact) mass is 688 g/mol. The fraction of sp³-hybridized carbons (Fsp3) is 0. The molecule has 0 unspecified atom stereocenters. The zero-order valence-electron chi connectivity index (χ0n) is 29.7. The van der Waals surface area contributed by atoms with E-state index in [-0.39, 0.29) is 0 Å². The SMILES string of the molecule is C1=Cc2ccccc2N(c2cccc(-c3cccc(N(c4ccc(-c5ccccc5)cc4)c4ccc5ccc6ccccc6c5c4)c3)c2)c2ccccc21. The highest BCUT2D eigenvalue weighted by atomic mass is 15.2. The van der Waals surface area contributed by atoms with Gasteiger partial charge in [0.2, 0.25) is 0 Å². The Morgan fingerprint density at radius 2 is 0.852 bits per heavy atom. The summed E-state index contributed by atoms with van der Waals surface area (Å²) in [5, 5.41) is 4.98. The first kappa shape index (κ1) is 31.6. The summed E-state index contributed by atoms with van der Waals surface area (Å²) in [6.07, 6.45) is 4.44. The quantitative estimate of drug-likeness (QED) is 0.160. The van der Waals surface area contributed by atoms with E-state index in [9.17, 15) is 0 Å². The van der Waals surface area contributed by atoms with Crippen molar-refractivity contribution in [1.82, 2.24) is 0 Å². The standard InChI is InChI=1S/C52H36N2/c1-2-12-37(13-3-1)38-28-31-45(32-29-38)53(48-33-30-40-25-24-39-14-4-7-21-49(39)50(40)36-48)46-19-10-17-43(34-46)44-18-11-20-47(35-44)54-51-22-8-5-15-41(51)26-27-42-16-6-9-23-52(42)54/h1-36H. The smallest absolute Gasteiger partial charge is 0.0534 e. The number of hydrogen-bond donors (Lipinski definition) is 0. The molecule has 0 saturated carbocycles. The molecule has 2 nitrogen and oxygen atoms in total. The molecule has 0 aliphatic carbocycles. The molecule has 9 aromatic rings. The molecule has 2 heteroatoms. The summed E-state index contributed by atoms with van der Waals surface area (Å²) >= 11 is 0. The summed E-state index contributed by atoms with van der Waals surface area (Å²) in [6, 6.07) is 74.6. The number of benzene rings is 9. The highest BCUT2D eigenvalue weighted by molar-refractivity contribution is 6.09. The van der Waals surface area contributed by atoms with Crippen LogP contribution in [-0.2, 0) is 0 Å². The third-order valence-corrected chi connectivity index (χ3v) is 10.6. The van der Waals surface area contributed by atoms with Gasteiger partial charge in [0.1, 0.15) is 0 Å². The summed E-state index contributed by atoms with van der Waals surface area (Å²) in [5.41, 5.74) is 13.9. The number of para-hydroxylation sites is 2. The van der Waals surface area contributed by atoms with E-state index in [1.165, 1.54) is 55.2 Å². The molecule has 54 heavy (non-hydrogen) atoms. The molecule has 0 atom stereocenters. The number of anilines is 6. The van der Waals surface area contributed by atoms with Crippen LogP contribution in [0.2, 0.25) is 0 Å². The lowest BCUT2D eigenvalue weighted by Crippen LogP contribution is -2.11. The van der Waals surface area contributed by atoms with Crippen LogP contribution in [0.25, 0.3) is 56.0 Å². The lowest BCUT2D eigenvalue weighted by Gasteiger charge is -2.28. The molecule has 254 valence electrons. The van der Waals surface area contributed by atoms with Gasteiger partial charge in [-0.1, -0.05) is 158 Å². The number of hydrogen-bond acceptors (Lipinski definition) is 2. The Morgan fingerprint density at radius 1 is 0.315 bits per heavy atom. The zero-order valence-corrected chi connectivity index (χ0v) is 29.7. The summed E-state index contributed by atoms with van der Waals surface area (Å²) in [7, 11) is 0. The fourth-order valence-corrected chi connectivity index (χ4v) is 7.91. The van der Waals surface area contributed by atoms with E-state index < -0.39 is 0 Å². The minimum atomic E-state index is 1.10. The maximum absolute atomic E-state index is 2.39. The van der Waals surface area contributed by atoms with Crippen molar-refractivity contribution in [3.63, 3.8) is 0 Å². The lowest BCUT2D eigenvalue weighted by molar-refractivity contribution is 1.27. The maximum atomic E-state index is 2.39. The highest BCUT2D eigenvalue weighted by Crippen LogP contribution is 2.44. The second kappa shape index (κ2) is 13.4. The normalized spacial score (nSPS) is 12.0. The first-order valence-corrected chi connectivity index (χ1v) is 18.5. The maximum Gasteiger partial charge on any atom is 0.0534 e. The predicted molar refractivity (Wildman–Crippen MR) is 231 cm³/mol. The topological polar surface area (TPSA) is 6.48 Å². The van der Waals surface area contributed by atoms with Crippen molar-refractivity contribution in [1.29, 1.82) is 0 Å². The number of rotatable bonds is 6. The van der Waals surface area contributed by atoms with Crippen molar-refractivity contribution in [3.8, 4) is 22.3 Å². The summed E-state index contributed by atoms with van der Waals surface area (Å²) in [4.78, 5) is 4.77. The summed E-state index contributed by atoms with van der Waals surface area (Å²) < 4.78 is 0. The van der Waals surface area contributed by atoms with Crippen LogP contribution in [0, 0.1) is 0 Å². The molecule has 0 N–H and O–H groups in total. The van der Waals surface area contributed by atoms with E-state index in [1.54, 1.807) is 0 Å². The molecule has 0 fully saturated rings. The molecule has 0 saturated heterocycles. The molecular weight excluding hydrogens is 653 g/mol. The van der Waals surface area contributed by atoms with Gasteiger partial charge in [-0.05, 0) is 116 Å². The molecule has 10 rings (SSSR count). The first-order chi connectivity index (χ1) is 26.8. The van der Waals surface area contributed by atoms with Gasteiger partial charge in [-0.15, -0.1) is 0 Å². The second-order valence-electron chi connectivity index (χ2n) is 13.8. The van der Waals surface area contributed by atoms with E-state index in [2.05, 4.69) is 228 Å². The second-order valence-corrected chi connectivity index (χ2v) is 13.8. The van der Waals surface area contributed by atoms with Gasteiger partial charge in [0.15, 0.2) is 0 Å². The Balaban J connectivity index is 1.10. The molecule has 1 aliphatic rings. The molecule has 0 radical (unpaired) electrons. The Hall–Kier alpha value is -7.16. The lowest BCUT2D eigenvalue weighted by atomic mass is 10.00. The van der Waals surface area contributed by atoms with E-state index in [4.69, 9.17) is 0 Å². The number of fused-ring (bicyclic) bond motifs is 5. The van der Waals surface area contributed by atoms with Gasteiger partial charge in [0.25, 0.3) is 0 Å². The molecule has 1 aliphatic heterocycles. The van der Waals surface area contributed by atoms with Gasteiger partial charge >= 0.3 is 0 Å². The largest absolute Gasteiger partial charge is 0.310 e. The Labute approximate surface area is 316 Å². The van der Waals surface area contributed by atoms with Crippen molar-refractivity contribution >= 4 is 67.8 Å². The Bertz CT molecular complexity index is 2780. The van der Waals surface area contributed by atoms with Gasteiger partial charge in [0.05, 0.1) is 11.4 Å². The summed E-state index contributed by atoms with van der Waals surface area (Å²) in [5.74, 6) is 0. The highest BCUT2D eigenvalue weighted by Gasteiger charge is 2.20. The molecule has 0 amide bonds. The van der Waals surface area contributed by atoms with E-state index in [1.807, 2.05) is 0 Å². The van der Waals surface area contributed by atoms with Crippen molar-refractivity contribution in [2.45, 2.75) is 0 Å². The van der Waals surface area contributed by atoms with Crippen molar-refractivity contribution < 1.29 is 0 Å². The van der Waals surface area contributed by atoms with E-state index in [0.29, 0.717) is 0 Å². The molecule has 9 aromatic carbocycles. The van der Waals surface area contributed by atoms with Crippen LogP contribution in [-0.4, -0.2) is 0 Å². The third kappa shape index (κ3) is 5.71. The van der Waals surface area contributed by atoms with Crippen molar-refractivity contribution in [2.24, 2.45) is 0 Å². The van der Waals surface area contributed by atoms with Crippen LogP contribution in [0.3, 0.4) is 0 Å². The van der Waals surface area contributed by atoms with Gasteiger partial charge in [-0.25, -0.2) is 0 Å². The minimum Gasteiger partial charge on any atom is -0.310 e. The van der Waals surface area contributed by atoms with E-state index >= 15 is 0 Å². The summed E-state index contributed by atoms with van der Waals surface area (Å²) in [6.45, 7) is 0. The Morgan fingerprint density at radius 3 is 1.61 bits per heavy atom. The zero-order chi connectivity index (χ0) is 35.8. The first-order valence-electron chi connectivity index (χ1n) is 18.5. The molecule has 0 aromatic heterocycles. The van der Waals surface area contributed by atoms with Gasteiger partial charge in [-0.2, -0.15) is 0 Å². The molecular formula is C52H36N2. The fourth-order valence-electron chi connectivity index (χ4n) is 7.91. The third-order valence-electron chi connectivity index (χ3n) is 10.6. The molecule has 0 spiro atoms. The van der Waals surface area contributed by atoms with Crippen molar-refractivity contribution in [3.05, 3.63) is 217 Å². The number of nitrogens with zero attached hydrogens (tertiary/aromatic N) is 2. The molecule has 0 bridgehead atoms. The van der Waals surface area contributed by atoms with Gasteiger partial charge in [-0.3, -0.25) is 0 Å². The Kier molecular flexibility index (Phi) is 7.85. The van der Waals surface area contributed by atoms with Crippen LogP contribution >= 0.6 is 0 Å². The predicted octanol–water partition coefficient (Wildman–Crippen LogP) is 14.8. The van der Waals surface area contributed by atoms with Crippen molar-refractivity contribution in [2.75, 3.05) is 9.80 Å². The average Bonchev–Trinajstić information content (AvgIpc) is 3.41. The van der Waals surface area contributed by atoms with Crippen LogP contribution in [0.1, 0.15) is 11.1 Å². The molecule has 1 heterocycles. The van der Waals surface area contributed by atoms with Crippen LogP contribution < -0.4 is 9.80 Å². The van der Waals surface area contributed by atoms with Crippen LogP contribution in [0.5, 0.6) is 0 Å². The van der Waals surface area contributed by atoms with Gasteiger partial charge in [0, 0.05) is 22.7 Å².